The number of hydrogen-bond acceptors (Lipinski definition) is 2. The summed E-state index contributed by atoms with van der Waals surface area (Å²) in [5.74, 6) is -0.362. The third-order valence-electron chi connectivity index (χ3n) is 4.97. The molecular formula is C21H15ClO2. The number of rotatable bonds is 1. The van der Waals surface area contributed by atoms with Crippen LogP contribution >= 0.6 is 11.6 Å². The summed E-state index contributed by atoms with van der Waals surface area (Å²) < 4.78 is 0. The molecule has 0 aliphatic heterocycles. The zero-order valence-electron chi connectivity index (χ0n) is 13.1. The maximum atomic E-state index is 12.7. The molecular weight excluding hydrogens is 320 g/mol. The minimum atomic E-state index is -1.06. The van der Waals surface area contributed by atoms with Gasteiger partial charge in [-0.25, -0.2) is 0 Å². The molecule has 1 aliphatic carbocycles. The second-order valence-corrected chi connectivity index (χ2v) is 6.83. The Bertz CT molecular complexity index is 1030. The van der Waals surface area contributed by atoms with Gasteiger partial charge in [0.25, 0.3) is 0 Å². The number of carbonyl (C=O) groups excluding carboxylic acids is 2. The van der Waals surface area contributed by atoms with Crippen LogP contribution in [0.3, 0.4) is 0 Å². The Labute approximate surface area is 144 Å². The highest BCUT2D eigenvalue weighted by Gasteiger charge is 2.46. The maximum Gasteiger partial charge on any atom is 0.174 e. The van der Waals surface area contributed by atoms with E-state index in [1.165, 1.54) is 12.2 Å². The summed E-state index contributed by atoms with van der Waals surface area (Å²) in [5.41, 5.74) is -0.261. The van der Waals surface area contributed by atoms with Gasteiger partial charge in [-0.05, 0) is 58.3 Å². The molecule has 0 aromatic heterocycles. The topological polar surface area (TPSA) is 34.1 Å². The molecule has 3 aromatic rings. The first-order chi connectivity index (χ1) is 11.5. The molecule has 2 atom stereocenters. The Kier molecular flexibility index (Phi) is 3.33. The first kappa shape index (κ1) is 15.1. The lowest BCUT2D eigenvalue weighted by atomic mass is 9.70. The minimum absolute atomic E-state index is 0.136. The molecule has 0 fully saturated rings. The Morgan fingerprint density at radius 2 is 1.54 bits per heavy atom. The highest BCUT2D eigenvalue weighted by Crippen LogP contribution is 2.40. The van der Waals surface area contributed by atoms with Crippen LogP contribution in [0.1, 0.15) is 12.5 Å². The lowest BCUT2D eigenvalue weighted by molar-refractivity contribution is -0.125. The number of ketones is 2. The van der Waals surface area contributed by atoms with Crippen LogP contribution in [-0.2, 0) is 15.0 Å². The monoisotopic (exact) mass is 334 g/mol. The van der Waals surface area contributed by atoms with Crippen molar-refractivity contribution in [1.82, 2.24) is 0 Å². The van der Waals surface area contributed by atoms with Crippen molar-refractivity contribution >= 4 is 44.7 Å². The number of halogens is 1. The molecule has 3 heteroatoms. The van der Waals surface area contributed by atoms with Crippen molar-refractivity contribution in [3.05, 3.63) is 72.3 Å². The molecule has 2 nitrogen and oxygen atoms in total. The number of carbonyl (C=O) groups is 2. The van der Waals surface area contributed by atoms with Crippen LogP contribution in [0.25, 0.3) is 21.5 Å². The number of alkyl halides is 1. The van der Waals surface area contributed by atoms with Gasteiger partial charge < -0.3 is 0 Å². The predicted molar refractivity (Wildman–Crippen MR) is 97.6 cm³/mol. The molecule has 2 unspecified atom stereocenters. The van der Waals surface area contributed by atoms with Gasteiger partial charge in [-0.2, -0.15) is 0 Å². The van der Waals surface area contributed by atoms with E-state index in [-0.39, 0.29) is 11.6 Å². The molecule has 24 heavy (non-hydrogen) atoms. The van der Waals surface area contributed by atoms with Crippen LogP contribution in [0, 0.1) is 0 Å². The summed E-state index contributed by atoms with van der Waals surface area (Å²) in [6, 6.07) is 18.1. The van der Waals surface area contributed by atoms with Crippen LogP contribution in [0.5, 0.6) is 0 Å². The Morgan fingerprint density at radius 3 is 2.29 bits per heavy atom. The SMILES string of the molecule is CC1(c2cccc3cc4ccccc4cc23)C(=O)C=CC(=O)C1Cl. The fourth-order valence-corrected chi connectivity index (χ4v) is 3.81. The predicted octanol–water partition coefficient (Wildman–Crippen LogP) is 4.57. The van der Waals surface area contributed by atoms with Crippen LogP contribution in [0.15, 0.2) is 66.7 Å². The van der Waals surface area contributed by atoms with Crippen molar-refractivity contribution in [2.75, 3.05) is 0 Å². The van der Waals surface area contributed by atoms with Crippen molar-refractivity contribution in [1.29, 1.82) is 0 Å². The normalized spacial score (nSPS) is 24.0. The van der Waals surface area contributed by atoms with E-state index in [0.29, 0.717) is 0 Å². The maximum absolute atomic E-state index is 12.7. The summed E-state index contributed by atoms with van der Waals surface area (Å²) in [5, 5.41) is 3.33. The number of benzene rings is 3. The first-order valence-corrected chi connectivity index (χ1v) is 8.28. The third kappa shape index (κ3) is 2.03. The quantitative estimate of drug-likeness (QED) is 0.482. The van der Waals surface area contributed by atoms with Crippen molar-refractivity contribution in [3.8, 4) is 0 Å². The van der Waals surface area contributed by atoms with Gasteiger partial charge in [0.2, 0.25) is 0 Å². The van der Waals surface area contributed by atoms with E-state index in [1.807, 2.05) is 36.4 Å². The van der Waals surface area contributed by atoms with Gasteiger partial charge >= 0.3 is 0 Å². The van der Waals surface area contributed by atoms with Crippen LogP contribution in [-0.4, -0.2) is 16.9 Å². The van der Waals surface area contributed by atoms with Gasteiger partial charge in [0.15, 0.2) is 11.6 Å². The van der Waals surface area contributed by atoms with Gasteiger partial charge in [0, 0.05) is 0 Å². The first-order valence-electron chi connectivity index (χ1n) is 7.84. The molecule has 0 saturated heterocycles. The van der Waals surface area contributed by atoms with Crippen LogP contribution < -0.4 is 0 Å². The molecule has 0 bridgehead atoms. The molecule has 118 valence electrons. The number of fused-ring (bicyclic) bond motifs is 2. The molecule has 0 N–H and O–H groups in total. The lowest BCUT2D eigenvalue weighted by Gasteiger charge is -2.34. The highest BCUT2D eigenvalue weighted by atomic mass is 35.5. The second-order valence-electron chi connectivity index (χ2n) is 6.39. The Hall–Kier alpha value is -2.45. The zero-order valence-corrected chi connectivity index (χ0v) is 13.9. The third-order valence-corrected chi connectivity index (χ3v) is 5.63. The van der Waals surface area contributed by atoms with Crippen LogP contribution in [0.4, 0.5) is 0 Å². The molecule has 0 amide bonds. The summed E-state index contributed by atoms with van der Waals surface area (Å²) in [4.78, 5) is 24.8. The van der Waals surface area contributed by atoms with Crippen LogP contribution in [0.2, 0.25) is 0 Å². The van der Waals surface area contributed by atoms with Crippen molar-refractivity contribution in [2.24, 2.45) is 0 Å². The Balaban J connectivity index is 2.06. The second kappa shape index (κ2) is 5.29. The van der Waals surface area contributed by atoms with E-state index in [9.17, 15) is 9.59 Å². The summed E-state index contributed by atoms with van der Waals surface area (Å²) in [7, 11) is 0. The highest BCUT2D eigenvalue weighted by molar-refractivity contribution is 6.38. The molecule has 0 saturated carbocycles. The standard InChI is InChI=1S/C21H15ClO2/c1-21(19(24)10-9-18(23)20(21)22)17-8-4-7-15-11-13-5-2-3-6-14(13)12-16(15)17/h2-12,20H,1H3. The number of hydrogen-bond donors (Lipinski definition) is 0. The van der Waals surface area contributed by atoms with Gasteiger partial charge in [0.1, 0.15) is 5.38 Å². The van der Waals surface area contributed by atoms with Gasteiger partial charge in [-0.15, -0.1) is 11.6 Å². The molecule has 0 spiro atoms. The Morgan fingerprint density at radius 1 is 0.875 bits per heavy atom. The lowest BCUT2D eigenvalue weighted by Crippen LogP contribution is -2.46. The van der Waals surface area contributed by atoms with Crippen molar-refractivity contribution in [2.45, 2.75) is 17.7 Å². The fourth-order valence-electron chi connectivity index (χ4n) is 3.51. The molecule has 1 aliphatic rings. The van der Waals surface area contributed by atoms with E-state index in [2.05, 4.69) is 18.2 Å². The van der Waals surface area contributed by atoms with Gasteiger partial charge in [0.05, 0.1) is 5.41 Å². The summed E-state index contributed by atoms with van der Waals surface area (Å²) in [6.45, 7) is 1.76. The molecule has 4 rings (SSSR count). The van der Waals surface area contributed by atoms with Gasteiger partial charge in [-0.1, -0.05) is 42.5 Å². The molecule has 0 radical (unpaired) electrons. The van der Waals surface area contributed by atoms with E-state index >= 15 is 0 Å². The van der Waals surface area contributed by atoms with E-state index in [1.54, 1.807) is 6.92 Å². The molecule has 3 aromatic carbocycles. The van der Waals surface area contributed by atoms with Crippen molar-refractivity contribution in [3.63, 3.8) is 0 Å². The number of allylic oxidation sites excluding steroid dienone is 2. The smallest absolute Gasteiger partial charge is 0.174 e. The molecule has 0 heterocycles. The minimum Gasteiger partial charge on any atom is -0.294 e. The van der Waals surface area contributed by atoms with Gasteiger partial charge in [-0.3, -0.25) is 9.59 Å². The summed E-state index contributed by atoms with van der Waals surface area (Å²) >= 11 is 6.40. The van der Waals surface area contributed by atoms with E-state index < -0.39 is 10.8 Å². The average molecular weight is 335 g/mol. The van der Waals surface area contributed by atoms with E-state index in [4.69, 9.17) is 11.6 Å². The zero-order chi connectivity index (χ0) is 16.9. The average Bonchev–Trinajstić information content (AvgIpc) is 2.61. The largest absolute Gasteiger partial charge is 0.294 e. The van der Waals surface area contributed by atoms with E-state index in [0.717, 1.165) is 27.1 Å². The fraction of sp³-hybridized carbons (Fsp3) is 0.143. The summed E-state index contributed by atoms with van der Waals surface area (Å²) in [6.07, 6.45) is 2.63. The van der Waals surface area contributed by atoms with Crippen molar-refractivity contribution < 1.29 is 9.59 Å².